The molecule has 0 aromatic heterocycles. The fourth-order valence-electron chi connectivity index (χ4n) is 0.626. The van der Waals surface area contributed by atoms with Gasteiger partial charge < -0.3 is 5.73 Å². The van der Waals surface area contributed by atoms with Crippen LogP contribution in [0.1, 0.15) is 0 Å². The molecule has 0 rings (SSSR count). The van der Waals surface area contributed by atoms with E-state index in [9.17, 15) is 0 Å². The molecule has 0 aliphatic heterocycles. The molecule has 0 unspecified atom stereocenters. The van der Waals surface area contributed by atoms with Gasteiger partial charge in [0.05, 0.1) is 8.07 Å². The summed E-state index contributed by atoms with van der Waals surface area (Å²) in [6.45, 7) is 6.73. The summed E-state index contributed by atoms with van der Waals surface area (Å²) in [5, 5.41) is 1.20. The van der Waals surface area contributed by atoms with Crippen LogP contribution in [0.5, 0.6) is 0 Å². The molecule has 0 aromatic carbocycles. The van der Waals surface area contributed by atoms with E-state index in [-0.39, 0.29) is 0 Å². The van der Waals surface area contributed by atoms with Crippen molar-refractivity contribution in [1.29, 1.82) is 0 Å². The molecule has 0 heterocycles. The Balaban J connectivity index is 4.39. The lowest BCUT2D eigenvalue weighted by Gasteiger charge is -2.15. The molecule has 0 bridgehead atoms. The molecule has 0 amide bonds. The van der Waals surface area contributed by atoms with Gasteiger partial charge in [-0.25, -0.2) is 0 Å². The Labute approximate surface area is 63.9 Å². The van der Waals surface area contributed by atoms with Gasteiger partial charge in [-0.3, -0.25) is 4.99 Å². The summed E-state index contributed by atoms with van der Waals surface area (Å²) in [6, 6.07) is 0. The van der Waals surface area contributed by atoms with E-state index in [1.165, 1.54) is 5.20 Å². The lowest BCUT2D eigenvalue weighted by Crippen LogP contribution is -2.25. The van der Waals surface area contributed by atoms with Gasteiger partial charge in [-0.05, 0) is 11.4 Å². The van der Waals surface area contributed by atoms with Crippen LogP contribution in [-0.2, 0) is 0 Å². The highest BCUT2D eigenvalue weighted by Crippen LogP contribution is 2.10. The highest BCUT2D eigenvalue weighted by atomic mass is 28.3. The summed E-state index contributed by atoms with van der Waals surface area (Å²) in [5.74, 6) is 0. The zero-order valence-corrected chi connectivity index (χ0v) is 8.18. The largest absolute Gasteiger partial charge is 0.405 e. The van der Waals surface area contributed by atoms with Crippen LogP contribution < -0.4 is 5.73 Å². The molecule has 0 aliphatic carbocycles. The van der Waals surface area contributed by atoms with Gasteiger partial charge in [0.15, 0.2) is 0 Å². The summed E-state index contributed by atoms with van der Waals surface area (Å²) in [6.07, 6.45) is 3.52. The van der Waals surface area contributed by atoms with Crippen LogP contribution in [0, 0.1) is 0 Å². The van der Waals surface area contributed by atoms with Gasteiger partial charge in [0.2, 0.25) is 0 Å². The molecule has 3 heteroatoms. The van der Waals surface area contributed by atoms with Gasteiger partial charge in [0.25, 0.3) is 0 Å². The number of hydrogen-bond donors (Lipinski definition) is 1. The van der Waals surface area contributed by atoms with Gasteiger partial charge in [-0.2, -0.15) is 0 Å². The van der Waals surface area contributed by atoms with Crippen molar-refractivity contribution in [3.63, 3.8) is 0 Å². The fraction of sp³-hybridized carbons (Fsp3) is 0.571. The van der Waals surface area contributed by atoms with Crippen LogP contribution in [0.15, 0.2) is 16.4 Å². The zero-order chi connectivity index (χ0) is 8.20. The average Bonchev–Trinajstić information content (AvgIpc) is 1.80. The molecule has 0 atom stereocenters. The molecule has 10 heavy (non-hydrogen) atoms. The number of nitrogens with zero attached hydrogens (tertiary/aromatic N) is 1. The second kappa shape index (κ2) is 3.56. The lowest BCUT2D eigenvalue weighted by atomic mass is 10.6. The zero-order valence-electron chi connectivity index (χ0n) is 7.18. The maximum absolute atomic E-state index is 5.43. The summed E-state index contributed by atoms with van der Waals surface area (Å²) < 4.78 is 0. The van der Waals surface area contributed by atoms with Gasteiger partial charge in [-0.15, -0.1) is 0 Å². The van der Waals surface area contributed by atoms with E-state index in [4.69, 9.17) is 5.73 Å². The second-order valence-electron chi connectivity index (χ2n) is 3.26. The molecule has 0 saturated carbocycles. The molecule has 58 valence electrons. The standard InChI is InChI=1S/C7H16N2Si/c1-9-6-7(5-8)10(2,3)4/h5-6H,8H2,1-4H3. The predicted octanol–water partition coefficient (Wildman–Crippen LogP) is 1.41. The average molecular weight is 156 g/mol. The minimum absolute atomic E-state index is 1.20. The normalized spacial score (nSPS) is 14.6. The van der Waals surface area contributed by atoms with Crippen LogP contribution in [-0.4, -0.2) is 21.3 Å². The Morgan fingerprint density at radius 3 is 2.00 bits per heavy atom. The van der Waals surface area contributed by atoms with E-state index in [2.05, 4.69) is 24.6 Å². The Hall–Kier alpha value is -0.573. The fourth-order valence-corrected chi connectivity index (χ4v) is 1.64. The first-order valence-electron chi connectivity index (χ1n) is 3.37. The van der Waals surface area contributed by atoms with Crippen LogP contribution >= 0.6 is 0 Å². The van der Waals surface area contributed by atoms with Crippen molar-refractivity contribution in [2.45, 2.75) is 19.6 Å². The first-order valence-corrected chi connectivity index (χ1v) is 6.87. The summed E-state index contributed by atoms with van der Waals surface area (Å²) in [7, 11) is 0.547. The van der Waals surface area contributed by atoms with Crippen molar-refractivity contribution in [2.24, 2.45) is 10.7 Å². The first-order chi connectivity index (χ1) is 4.52. The minimum Gasteiger partial charge on any atom is -0.405 e. The monoisotopic (exact) mass is 156 g/mol. The number of rotatable bonds is 2. The smallest absolute Gasteiger partial charge is 0.0814 e. The second-order valence-corrected chi connectivity index (χ2v) is 8.34. The van der Waals surface area contributed by atoms with E-state index in [0.29, 0.717) is 0 Å². The molecule has 0 spiro atoms. The molecule has 0 fully saturated rings. The highest BCUT2D eigenvalue weighted by molar-refractivity contribution is 6.86. The van der Waals surface area contributed by atoms with Crippen molar-refractivity contribution in [3.8, 4) is 0 Å². The predicted molar refractivity (Wildman–Crippen MR) is 50.0 cm³/mol. The van der Waals surface area contributed by atoms with Gasteiger partial charge in [0.1, 0.15) is 0 Å². The number of nitrogens with two attached hydrogens (primary N) is 1. The first kappa shape index (κ1) is 9.43. The SMILES string of the molecule is CN=CC(=CN)[Si](C)(C)C. The molecule has 0 aliphatic rings. The van der Waals surface area contributed by atoms with Crippen molar-refractivity contribution in [3.05, 3.63) is 11.4 Å². The minimum atomic E-state index is -1.22. The van der Waals surface area contributed by atoms with E-state index in [1.807, 2.05) is 6.21 Å². The van der Waals surface area contributed by atoms with Gasteiger partial charge in [0, 0.05) is 13.3 Å². The topological polar surface area (TPSA) is 38.4 Å². The van der Waals surface area contributed by atoms with Crippen molar-refractivity contribution >= 4 is 14.3 Å². The van der Waals surface area contributed by atoms with Crippen molar-refractivity contribution in [1.82, 2.24) is 0 Å². The molecule has 2 N–H and O–H groups in total. The third-order valence-corrected chi connectivity index (χ3v) is 3.34. The molecule has 0 saturated heterocycles. The van der Waals surface area contributed by atoms with Gasteiger partial charge in [-0.1, -0.05) is 19.6 Å². The number of aliphatic imine (C=N–C) groups is 1. The Morgan fingerprint density at radius 2 is 1.90 bits per heavy atom. The van der Waals surface area contributed by atoms with Crippen LogP contribution in [0.3, 0.4) is 0 Å². The van der Waals surface area contributed by atoms with E-state index < -0.39 is 8.07 Å². The van der Waals surface area contributed by atoms with Crippen molar-refractivity contribution < 1.29 is 0 Å². The summed E-state index contributed by atoms with van der Waals surface area (Å²) in [4.78, 5) is 3.93. The molecular formula is C7H16N2Si. The molecular weight excluding hydrogens is 140 g/mol. The summed E-state index contributed by atoms with van der Waals surface area (Å²) in [5.41, 5.74) is 5.43. The highest BCUT2D eigenvalue weighted by Gasteiger charge is 2.16. The van der Waals surface area contributed by atoms with Gasteiger partial charge >= 0.3 is 0 Å². The maximum atomic E-state index is 5.43. The Morgan fingerprint density at radius 1 is 1.40 bits per heavy atom. The lowest BCUT2D eigenvalue weighted by molar-refractivity contribution is 1.46. The third kappa shape index (κ3) is 2.82. The van der Waals surface area contributed by atoms with Crippen LogP contribution in [0.2, 0.25) is 19.6 Å². The molecule has 0 radical (unpaired) electrons. The third-order valence-electron chi connectivity index (χ3n) is 1.31. The van der Waals surface area contributed by atoms with E-state index >= 15 is 0 Å². The summed E-state index contributed by atoms with van der Waals surface area (Å²) >= 11 is 0. The number of allylic oxidation sites excluding steroid dienone is 1. The molecule has 2 nitrogen and oxygen atoms in total. The quantitative estimate of drug-likeness (QED) is 0.476. The van der Waals surface area contributed by atoms with E-state index in [0.717, 1.165) is 0 Å². The maximum Gasteiger partial charge on any atom is 0.0814 e. The Kier molecular flexibility index (Phi) is 3.36. The van der Waals surface area contributed by atoms with Crippen molar-refractivity contribution in [2.75, 3.05) is 7.05 Å². The number of hydrogen-bond acceptors (Lipinski definition) is 2. The van der Waals surface area contributed by atoms with Crippen LogP contribution in [0.4, 0.5) is 0 Å². The molecule has 0 aromatic rings. The Bertz CT molecular complexity index is 153. The van der Waals surface area contributed by atoms with Crippen LogP contribution in [0.25, 0.3) is 0 Å². The van der Waals surface area contributed by atoms with E-state index in [1.54, 1.807) is 13.2 Å².